The number of aryl methyl sites for hydroxylation is 1. The summed E-state index contributed by atoms with van der Waals surface area (Å²) in [5.74, 6) is 0.0502. The van der Waals surface area contributed by atoms with E-state index in [4.69, 9.17) is 0 Å². The van der Waals surface area contributed by atoms with Crippen molar-refractivity contribution in [3.8, 4) is 5.75 Å². The molecular formula is C12H15BrN4O3S. The lowest BCUT2D eigenvalue weighted by atomic mass is 10.1. The Bertz CT molecular complexity index is 740. The Hall–Kier alpha value is -1.45. The van der Waals surface area contributed by atoms with Crippen LogP contribution in [-0.4, -0.2) is 39.9 Å². The van der Waals surface area contributed by atoms with Crippen LogP contribution in [0.15, 0.2) is 33.9 Å². The molecular weight excluding hydrogens is 360 g/mol. The number of hydrogen-bond acceptors (Lipinski definition) is 5. The Balaban J connectivity index is 2.44. The summed E-state index contributed by atoms with van der Waals surface area (Å²) in [7, 11) is -0.854. The van der Waals surface area contributed by atoms with Gasteiger partial charge in [-0.05, 0) is 28.9 Å². The first-order chi connectivity index (χ1) is 9.76. The number of halogens is 1. The smallest absolute Gasteiger partial charge is 0.263 e. The van der Waals surface area contributed by atoms with Gasteiger partial charge in [0.2, 0.25) is 5.03 Å². The van der Waals surface area contributed by atoms with Gasteiger partial charge in [-0.15, -0.1) is 5.10 Å². The van der Waals surface area contributed by atoms with Crippen molar-refractivity contribution in [3.05, 3.63) is 34.4 Å². The van der Waals surface area contributed by atoms with E-state index in [9.17, 15) is 13.5 Å². The summed E-state index contributed by atoms with van der Waals surface area (Å²) in [6.45, 7) is 1.70. The molecule has 0 aliphatic rings. The van der Waals surface area contributed by atoms with E-state index in [1.165, 1.54) is 29.1 Å². The van der Waals surface area contributed by atoms with E-state index >= 15 is 0 Å². The summed E-state index contributed by atoms with van der Waals surface area (Å²) in [4.78, 5) is 0. The third-order valence-electron chi connectivity index (χ3n) is 3.29. The number of rotatable bonds is 4. The maximum atomic E-state index is 12.7. The molecule has 0 bridgehead atoms. The Morgan fingerprint density at radius 3 is 2.52 bits per heavy atom. The number of sulfonamides is 1. The molecule has 2 aromatic rings. The molecule has 0 radical (unpaired) electrons. The van der Waals surface area contributed by atoms with Crippen LogP contribution in [0, 0.1) is 0 Å². The maximum absolute atomic E-state index is 12.7. The molecule has 21 heavy (non-hydrogen) atoms. The second-order valence-electron chi connectivity index (χ2n) is 4.57. The molecule has 0 fully saturated rings. The molecule has 1 N–H and O–H groups in total. The van der Waals surface area contributed by atoms with Gasteiger partial charge >= 0.3 is 0 Å². The second-order valence-corrected chi connectivity index (χ2v) is 7.23. The monoisotopic (exact) mass is 374 g/mol. The lowest BCUT2D eigenvalue weighted by molar-refractivity contribution is 0.377. The van der Waals surface area contributed by atoms with Gasteiger partial charge in [-0.1, -0.05) is 23.4 Å². The Morgan fingerprint density at radius 1 is 1.38 bits per heavy atom. The van der Waals surface area contributed by atoms with Crippen molar-refractivity contribution in [3.63, 3.8) is 0 Å². The summed E-state index contributed by atoms with van der Waals surface area (Å²) >= 11 is 3.09. The molecule has 0 saturated carbocycles. The van der Waals surface area contributed by atoms with Crippen LogP contribution in [0.3, 0.4) is 0 Å². The van der Waals surface area contributed by atoms with Gasteiger partial charge in [-0.3, -0.25) is 0 Å². The SMILES string of the molecule is CC(c1ccccc1O)N(C)S(=O)(=O)c1c(Br)nnn1C. The summed E-state index contributed by atoms with van der Waals surface area (Å²) in [5.41, 5.74) is 0.523. The quantitative estimate of drug-likeness (QED) is 0.878. The first-order valence-corrected chi connectivity index (χ1v) is 8.31. The number of aromatic nitrogens is 3. The Kier molecular flexibility index (Phi) is 4.35. The highest BCUT2D eigenvalue weighted by Crippen LogP contribution is 2.32. The van der Waals surface area contributed by atoms with Gasteiger partial charge in [0.15, 0.2) is 4.60 Å². The molecule has 0 amide bonds. The molecule has 0 aliphatic carbocycles. The van der Waals surface area contributed by atoms with Gasteiger partial charge in [0, 0.05) is 19.7 Å². The molecule has 0 saturated heterocycles. The van der Waals surface area contributed by atoms with Gasteiger partial charge in [0.05, 0.1) is 6.04 Å². The maximum Gasteiger partial charge on any atom is 0.263 e. The van der Waals surface area contributed by atoms with Crippen LogP contribution in [-0.2, 0) is 17.1 Å². The average Bonchev–Trinajstić information content (AvgIpc) is 2.77. The molecule has 0 spiro atoms. The van der Waals surface area contributed by atoms with Crippen LogP contribution < -0.4 is 0 Å². The molecule has 0 aliphatic heterocycles. The number of phenolic OH excluding ortho intramolecular Hbond substituents is 1. The lowest BCUT2D eigenvalue weighted by Crippen LogP contribution is -2.31. The number of aromatic hydroxyl groups is 1. The van der Waals surface area contributed by atoms with Crippen LogP contribution in [0.1, 0.15) is 18.5 Å². The highest BCUT2D eigenvalue weighted by molar-refractivity contribution is 9.10. The summed E-state index contributed by atoms with van der Waals surface area (Å²) < 4.78 is 27.9. The predicted octanol–water partition coefficient (Wildman–Crippen LogP) is 1.66. The minimum atomic E-state index is -3.81. The van der Waals surface area contributed by atoms with E-state index in [-0.39, 0.29) is 15.4 Å². The van der Waals surface area contributed by atoms with Crippen molar-refractivity contribution in [1.82, 2.24) is 19.3 Å². The molecule has 1 atom stereocenters. The third kappa shape index (κ3) is 2.81. The van der Waals surface area contributed by atoms with E-state index < -0.39 is 16.1 Å². The predicted molar refractivity (Wildman–Crippen MR) is 80.2 cm³/mol. The summed E-state index contributed by atoms with van der Waals surface area (Å²) in [6, 6.07) is 6.09. The molecule has 1 heterocycles. The van der Waals surface area contributed by atoms with E-state index in [1.54, 1.807) is 25.1 Å². The fourth-order valence-corrected chi connectivity index (χ4v) is 4.35. The van der Waals surface area contributed by atoms with Crippen LogP contribution in [0.4, 0.5) is 0 Å². The van der Waals surface area contributed by atoms with Gasteiger partial charge < -0.3 is 5.11 Å². The Morgan fingerprint density at radius 2 is 2.00 bits per heavy atom. The number of para-hydroxylation sites is 1. The van der Waals surface area contributed by atoms with Crippen LogP contribution in [0.5, 0.6) is 5.75 Å². The minimum absolute atomic E-state index is 0.0349. The number of nitrogens with zero attached hydrogens (tertiary/aromatic N) is 4. The van der Waals surface area contributed by atoms with Crippen LogP contribution in [0.2, 0.25) is 0 Å². The highest BCUT2D eigenvalue weighted by Gasteiger charge is 2.32. The minimum Gasteiger partial charge on any atom is -0.508 e. The fraction of sp³-hybridized carbons (Fsp3) is 0.333. The molecule has 7 nitrogen and oxygen atoms in total. The summed E-state index contributed by atoms with van der Waals surface area (Å²) in [5, 5.41) is 17.2. The van der Waals surface area contributed by atoms with Gasteiger partial charge in [0.1, 0.15) is 5.75 Å². The van der Waals surface area contributed by atoms with E-state index in [0.717, 1.165) is 0 Å². The third-order valence-corrected chi connectivity index (χ3v) is 6.11. The lowest BCUT2D eigenvalue weighted by Gasteiger charge is -2.25. The zero-order valence-electron chi connectivity index (χ0n) is 11.7. The fourth-order valence-electron chi connectivity index (χ4n) is 1.98. The summed E-state index contributed by atoms with van der Waals surface area (Å²) in [6.07, 6.45) is 0. The van der Waals surface area contributed by atoms with E-state index in [1.807, 2.05) is 0 Å². The number of benzene rings is 1. The molecule has 1 unspecified atom stereocenters. The van der Waals surface area contributed by atoms with Gasteiger partial charge in [-0.25, -0.2) is 13.1 Å². The average molecular weight is 375 g/mol. The molecule has 2 rings (SSSR count). The van der Waals surface area contributed by atoms with Crippen molar-refractivity contribution >= 4 is 26.0 Å². The molecule has 1 aromatic carbocycles. The van der Waals surface area contributed by atoms with Crippen molar-refractivity contribution in [2.75, 3.05) is 7.05 Å². The van der Waals surface area contributed by atoms with Gasteiger partial charge in [-0.2, -0.15) is 4.31 Å². The van der Waals surface area contributed by atoms with E-state index in [0.29, 0.717) is 5.56 Å². The largest absolute Gasteiger partial charge is 0.508 e. The first-order valence-electron chi connectivity index (χ1n) is 6.08. The highest BCUT2D eigenvalue weighted by atomic mass is 79.9. The van der Waals surface area contributed by atoms with Crippen LogP contribution >= 0.6 is 15.9 Å². The molecule has 1 aromatic heterocycles. The Labute approximate surface area is 131 Å². The molecule has 9 heteroatoms. The zero-order valence-corrected chi connectivity index (χ0v) is 14.1. The van der Waals surface area contributed by atoms with E-state index in [2.05, 4.69) is 26.2 Å². The first kappa shape index (κ1) is 15.9. The molecule has 114 valence electrons. The normalized spacial score (nSPS) is 13.6. The van der Waals surface area contributed by atoms with Gasteiger partial charge in [0.25, 0.3) is 10.0 Å². The second kappa shape index (κ2) is 5.74. The van der Waals surface area contributed by atoms with Crippen molar-refractivity contribution in [1.29, 1.82) is 0 Å². The number of phenols is 1. The van der Waals surface area contributed by atoms with Crippen molar-refractivity contribution in [2.45, 2.75) is 18.0 Å². The van der Waals surface area contributed by atoms with Crippen molar-refractivity contribution < 1.29 is 13.5 Å². The topological polar surface area (TPSA) is 88.3 Å². The zero-order chi connectivity index (χ0) is 15.8. The number of hydrogen-bond donors (Lipinski definition) is 1. The van der Waals surface area contributed by atoms with Crippen LogP contribution in [0.25, 0.3) is 0 Å². The standard InChI is InChI=1S/C12H15BrN4O3S/c1-8(9-6-4-5-7-10(9)18)17(3)21(19,20)12-11(13)14-15-16(12)2/h4-8,18H,1-3H3. The van der Waals surface area contributed by atoms with Crippen molar-refractivity contribution in [2.24, 2.45) is 7.05 Å².